The molecule has 8 heteroatoms. The number of aromatic nitrogens is 3. The van der Waals surface area contributed by atoms with Crippen LogP contribution in [0.5, 0.6) is 0 Å². The summed E-state index contributed by atoms with van der Waals surface area (Å²) < 4.78 is 2.94. The monoisotopic (exact) mass is 301 g/mol. The maximum absolute atomic E-state index is 12.2. The Labute approximate surface area is 126 Å². The molecule has 22 heavy (non-hydrogen) atoms. The summed E-state index contributed by atoms with van der Waals surface area (Å²) in [6.45, 7) is 1.86. The van der Waals surface area contributed by atoms with Gasteiger partial charge in [-0.3, -0.25) is 9.48 Å². The summed E-state index contributed by atoms with van der Waals surface area (Å²) in [5.41, 5.74) is 1.46. The van der Waals surface area contributed by atoms with Gasteiger partial charge in [0, 0.05) is 19.4 Å². The molecule has 2 aromatic rings. The van der Waals surface area contributed by atoms with E-state index in [4.69, 9.17) is 5.26 Å². The lowest BCUT2D eigenvalue weighted by Gasteiger charge is -2.14. The van der Waals surface area contributed by atoms with Crippen LogP contribution in [0.2, 0.25) is 0 Å². The SMILES string of the molecule is Cc1cnn(CC(NC(=O)c2cc(C#N)cn2C)C(=O)O)c1. The Balaban J connectivity index is 2.13. The number of carbonyl (C=O) groups excluding carboxylic acids is 1. The molecule has 8 nitrogen and oxygen atoms in total. The Morgan fingerprint density at radius 3 is 2.73 bits per heavy atom. The van der Waals surface area contributed by atoms with Gasteiger partial charge in [0.15, 0.2) is 0 Å². The van der Waals surface area contributed by atoms with Gasteiger partial charge in [-0.25, -0.2) is 4.79 Å². The first kappa shape index (κ1) is 15.3. The number of aliphatic carboxylic acids is 1. The molecule has 1 amide bonds. The zero-order chi connectivity index (χ0) is 16.3. The molecule has 1 unspecified atom stereocenters. The smallest absolute Gasteiger partial charge is 0.328 e. The zero-order valence-corrected chi connectivity index (χ0v) is 12.1. The minimum absolute atomic E-state index is 0.0183. The van der Waals surface area contributed by atoms with E-state index in [1.54, 1.807) is 19.4 Å². The summed E-state index contributed by atoms with van der Waals surface area (Å²) in [4.78, 5) is 23.5. The summed E-state index contributed by atoms with van der Waals surface area (Å²) in [6.07, 6.45) is 4.80. The molecular formula is C14H15N5O3. The van der Waals surface area contributed by atoms with Crippen molar-refractivity contribution >= 4 is 11.9 Å². The van der Waals surface area contributed by atoms with Crippen molar-refractivity contribution < 1.29 is 14.7 Å². The second-order valence-electron chi connectivity index (χ2n) is 4.94. The van der Waals surface area contributed by atoms with Crippen LogP contribution in [0.25, 0.3) is 0 Å². The van der Waals surface area contributed by atoms with Gasteiger partial charge in [0.2, 0.25) is 0 Å². The van der Waals surface area contributed by atoms with E-state index in [2.05, 4.69) is 10.4 Å². The molecule has 2 N–H and O–H groups in total. The molecule has 2 rings (SSSR count). The van der Waals surface area contributed by atoms with Gasteiger partial charge >= 0.3 is 5.97 Å². The quantitative estimate of drug-likeness (QED) is 0.824. The number of nitriles is 1. The molecule has 0 fully saturated rings. The van der Waals surface area contributed by atoms with Crippen LogP contribution in [-0.4, -0.2) is 37.4 Å². The van der Waals surface area contributed by atoms with Crippen molar-refractivity contribution in [3.05, 3.63) is 41.5 Å². The molecule has 0 radical (unpaired) electrons. The van der Waals surface area contributed by atoms with E-state index in [1.807, 2.05) is 13.0 Å². The van der Waals surface area contributed by atoms with E-state index < -0.39 is 17.9 Å². The molecule has 114 valence electrons. The number of carboxylic acids is 1. The van der Waals surface area contributed by atoms with Gasteiger partial charge in [0.05, 0.1) is 18.3 Å². The highest BCUT2D eigenvalue weighted by Crippen LogP contribution is 2.07. The van der Waals surface area contributed by atoms with Crippen molar-refractivity contribution in [2.75, 3.05) is 0 Å². The first-order valence-corrected chi connectivity index (χ1v) is 6.50. The van der Waals surface area contributed by atoms with Crippen LogP contribution < -0.4 is 5.32 Å². The minimum atomic E-state index is -1.16. The van der Waals surface area contributed by atoms with E-state index >= 15 is 0 Å². The fraction of sp³-hybridized carbons (Fsp3) is 0.286. The second-order valence-corrected chi connectivity index (χ2v) is 4.94. The molecule has 2 aromatic heterocycles. The van der Waals surface area contributed by atoms with Gasteiger partial charge in [-0.05, 0) is 18.6 Å². The van der Waals surface area contributed by atoms with Gasteiger partial charge in [-0.1, -0.05) is 0 Å². The molecule has 0 aliphatic carbocycles. The first-order valence-electron chi connectivity index (χ1n) is 6.50. The Morgan fingerprint density at radius 2 is 2.23 bits per heavy atom. The fourth-order valence-electron chi connectivity index (χ4n) is 2.02. The predicted molar refractivity (Wildman–Crippen MR) is 76.0 cm³/mol. The number of carboxylic acid groups (broad SMARTS) is 1. The number of amides is 1. The number of nitrogens with zero attached hydrogens (tertiary/aromatic N) is 4. The number of aryl methyl sites for hydroxylation is 2. The number of nitrogens with one attached hydrogen (secondary N) is 1. The summed E-state index contributed by atoms with van der Waals surface area (Å²) in [6, 6.07) is 2.22. The van der Waals surface area contributed by atoms with Gasteiger partial charge in [0.25, 0.3) is 5.91 Å². The molecule has 0 aliphatic rings. The van der Waals surface area contributed by atoms with Crippen LogP contribution in [0.15, 0.2) is 24.7 Å². The Kier molecular flexibility index (Phi) is 4.27. The van der Waals surface area contributed by atoms with E-state index in [1.165, 1.54) is 21.5 Å². The molecule has 0 aliphatic heterocycles. The average Bonchev–Trinajstić information content (AvgIpc) is 3.03. The topological polar surface area (TPSA) is 113 Å². The van der Waals surface area contributed by atoms with Crippen LogP contribution in [0.1, 0.15) is 21.6 Å². The number of rotatable bonds is 5. The number of hydrogen-bond donors (Lipinski definition) is 2. The van der Waals surface area contributed by atoms with Crippen molar-refractivity contribution in [3.63, 3.8) is 0 Å². The van der Waals surface area contributed by atoms with Gasteiger partial charge in [-0.15, -0.1) is 0 Å². The highest BCUT2D eigenvalue weighted by Gasteiger charge is 2.23. The van der Waals surface area contributed by atoms with Crippen LogP contribution in [0.4, 0.5) is 0 Å². The first-order chi connectivity index (χ1) is 10.4. The average molecular weight is 301 g/mol. The molecule has 2 heterocycles. The summed E-state index contributed by atoms with van der Waals surface area (Å²) in [5, 5.41) is 24.5. The number of hydrogen-bond acceptors (Lipinski definition) is 4. The van der Waals surface area contributed by atoms with Crippen molar-refractivity contribution in [3.8, 4) is 6.07 Å². The third-order valence-corrected chi connectivity index (χ3v) is 3.10. The molecule has 0 spiro atoms. The van der Waals surface area contributed by atoms with Crippen molar-refractivity contribution in [1.82, 2.24) is 19.7 Å². The van der Waals surface area contributed by atoms with E-state index in [9.17, 15) is 14.7 Å². The Morgan fingerprint density at radius 1 is 1.50 bits per heavy atom. The van der Waals surface area contributed by atoms with Crippen LogP contribution in [-0.2, 0) is 18.4 Å². The summed E-state index contributed by atoms with van der Waals surface area (Å²) in [5.74, 6) is -1.71. The van der Waals surface area contributed by atoms with Crippen molar-refractivity contribution in [1.29, 1.82) is 5.26 Å². The van der Waals surface area contributed by atoms with E-state index in [0.717, 1.165) is 5.56 Å². The van der Waals surface area contributed by atoms with Gasteiger partial charge < -0.3 is 15.0 Å². The predicted octanol–water partition coefficient (Wildman–Crippen LogP) is 0.285. The van der Waals surface area contributed by atoms with Gasteiger partial charge in [0.1, 0.15) is 17.8 Å². The molecule has 0 saturated carbocycles. The molecular weight excluding hydrogens is 286 g/mol. The van der Waals surface area contributed by atoms with Crippen LogP contribution in [0.3, 0.4) is 0 Å². The van der Waals surface area contributed by atoms with E-state index in [-0.39, 0.29) is 12.2 Å². The molecule has 0 bridgehead atoms. The normalized spacial score (nSPS) is 11.7. The summed E-state index contributed by atoms with van der Waals surface area (Å²) in [7, 11) is 1.61. The van der Waals surface area contributed by atoms with Crippen molar-refractivity contribution in [2.24, 2.45) is 7.05 Å². The van der Waals surface area contributed by atoms with Gasteiger partial charge in [-0.2, -0.15) is 10.4 Å². The largest absolute Gasteiger partial charge is 0.480 e. The highest BCUT2D eigenvalue weighted by molar-refractivity contribution is 5.95. The highest BCUT2D eigenvalue weighted by atomic mass is 16.4. The van der Waals surface area contributed by atoms with Crippen LogP contribution >= 0.6 is 0 Å². The lowest BCUT2D eigenvalue weighted by molar-refractivity contribution is -0.139. The lowest BCUT2D eigenvalue weighted by atomic mass is 10.2. The Bertz CT molecular complexity index is 753. The third kappa shape index (κ3) is 3.32. The zero-order valence-electron chi connectivity index (χ0n) is 12.1. The maximum Gasteiger partial charge on any atom is 0.328 e. The third-order valence-electron chi connectivity index (χ3n) is 3.10. The standard InChI is InChI=1S/C14H15N5O3/c1-9-5-16-19(6-9)8-11(14(21)22)17-13(20)12-3-10(4-15)7-18(12)2/h3,5-7,11H,8H2,1-2H3,(H,17,20)(H,21,22). The fourth-order valence-corrected chi connectivity index (χ4v) is 2.02. The second kappa shape index (κ2) is 6.13. The number of carbonyl (C=O) groups is 2. The Hall–Kier alpha value is -3.08. The maximum atomic E-state index is 12.2. The van der Waals surface area contributed by atoms with Crippen molar-refractivity contribution in [2.45, 2.75) is 19.5 Å². The molecule has 0 aromatic carbocycles. The summed E-state index contributed by atoms with van der Waals surface area (Å²) >= 11 is 0. The van der Waals surface area contributed by atoms with Crippen LogP contribution in [0, 0.1) is 18.3 Å². The lowest BCUT2D eigenvalue weighted by Crippen LogP contribution is -2.44. The van der Waals surface area contributed by atoms with E-state index in [0.29, 0.717) is 5.56 Å². The minimum Gasteiger partial charge on any atom is -0.480 e. The molecule has 1 atom stereocenters. The molecule has 0 saturated heterocycles.